The fraction of sp³-hybridized carbons (Fsp3) is 0.588. The van der Waals surface area contributed by atoms with E-state index in [4.69, 9.17) is 4.74 Å². The summed E-state index contributed by atoms with van der Waals surface area (Å²) >= 11 is 0. The molecule has 1 aromatic carbocycles. The van der Waals surface area contributed by atoms with Crippen LogP contribution in [0.3, 0.4) is 0 Å². The first-order chi connectivity index (χ1) is 10.8. The maximum Gasteiger partial charge on any atom is 0.239 e. The number of nitrogens with zero attached hydrogens (tertiary/aromatic N) is 2. The summed E-state index contributed by atoms with van der Waals surface area (Å²) in [6, 6.07) is 8.38. The van der Waals surface area contributed by atoms with E-state index < -0.39 is 0 Å². The predicted molar refractivity (Wildman–Crippen MR) is 87.0 cm³/mol. The van der Waals surface area contributed by atoms with Crippen LogP contribution < -0.4 is 10.2 Å². The first-order valence-corrected chi connectivity index (χ1v) is 8.14. The van der Waals surface area contributed by atoms with Gasteiger partial charge in [-0.05, 0) is 31.0 Å². The number of carbonyl (C=O) groups is 1. The Bertz CT molecular complexity index is 508. The zero-order valence-corrected chi connectivity index (χ0v) is 13.3. The van der Waals surface area contributed by atoms with E-state index in [-0.39, 0.29) is 11.9 Å². The van der Waals surface area contributed by atoms with E-state index in [1.807, 2.05) is 18.0 Å². The van der Waals surface area contributed by atoms with E-state index in [1.165, 1.54) is 11.3 Å². The van der Waals surface area contributed by atoms with Crippen LogP contribution in [0.2, 0.25) is 0 Å². The van der Waals surface area contributed by atoms with Crippen molar-refractivity contribution in [3.8, 4) is 0 Å². The summed E-state index contributed by atoms with van der Waals surface area (Å²) in [7, 11) is 1.90. The maximum atomic E-state index is 12.5. The van der Waals surface area contributed by atoms with Crippen molar-refractivity contribution in [1.29, 1.82) is 0 Å². The summed E-state index contributed by atoms with van der Waals surface area (Å²) in [6.07, 6.45) is 2.04. The first kappa shape index (κ1) is 15.3. The molecule has 2 aliphatic heterocycles. The van der Waals surface area contributed by atoms with E-state index in [1.54, 1.807) is 0 Å². The molecule has 0 spiro atoms. The van der Waals surface area contributed by atoms with Crippen molar-refractivity contribution in [1.82, 2.24) is 10.2 Å². The third-order valence-corrected chi connectivity index (χ3v) is 4.49. The molecule has 0 unspecified atom stereocenters. The zero-order valence-electron chi connectivity index (χ0n) is 13.3. The largest absolute Gasteiger partial charge is 0.378 e. The van der Waals surface area contributed by atoms with Crippen molar-refractivity contribution >= 4 is 11.6 Å². The Labute approximate surface area is 132 Å². The van der Waals surface area contributed by atoms with Crippen LogP contribution in [0.25, 0.3) is 0 Å². The molecule has 0 radical (unpaired) electrons. The Balaban J connectivity index is 1.69. The molecule has 2 fully saturated rings. The number of likely N-dealkylation sites (N-methyl/N-ethyl adjacent to an activating group) is 1. The normalized spacial score (nSPS) is 21.9. The van der Waals surface area contributed by atoms with Crippen LogP contribution in [-0.4, -0.2) is 56.7 Å². The third kappa shape index (κ3) is 3.42. The lowest BCUT2D eigenvalue weighted by Crippen LogP contribution is -2.42. The minimum atomic E-state index is 0.000508. The van der Waals surface area contributed by atoms with Crippen molar-refractivity contribution in [2.24, 2.45) is 0 Å². The van der Waals surface area contributed by atoms with Crippen molar-refractivity contribution in [2.75, 3.05) is 44.8 Å². The molecule has 0 aromatic heterocycles. The Kier molecular flexibility index (Phi) is 4.95. The number of amides is 1. The van der Waals surface area contributed by atoms with Gasteiger partial charge in [-0.1, -0.05) is 18.2 Å². The molecule has 22 heavy (non-hydrogen) atoms. The number of carbonyl (C=O) groups excluding carboxylic acids is 1. The molecule has 3 rings (SSSR count). The molecule has 1 amide bonds. The minimum absolute atomic E-state index is 0.000508. The molecule has 2 heterocycles. The van der Waals surface area contributed by atoms with E-state index in [0.29, 0.717) is 6.54 Å². The molecule has 120 valence electrons. The van der Waals surface area contributed by atoms with E-state index >= 15 is 0 Å². The maximum absolute atomic E-state index is 12.5. The molecule has 2 aliphatic rings. The summed E-state index contributed by atoms with van der Waals surface area (Å²) in [6.45, 7) is 4.99. The highest BCUT2D eigenvalue weighted by Gasteiger charge is 2.25. The van der Waals surface area contributed by atoms with Crippen molar-refractivity contribution in [2.45, 2.75) is 25.4 Å². The first-order valence-electron chi connectivity index (χ1n) is 8.14. The van der Waals surface area contributed by atoms with Gasteiger partial charge in [0, 0.05) is 32.4 Å². The molecule has 0 bridgehead atoms. The molecule has 1 atom stereocenters. The molecule has 0 aliphatic carbocycles. The summed E-state index contributed by atoms with van der Waals surface area (Å²) in [4.78, 5) is 16.7. The van der Waals surface area contributed by atoms with Gasteiger partial charge in [-0.15, -0.1) is 0 Å². The number of para-hydroxylation sites is 1. The van der Waals surface area contributed by atoms with Crippen LogP contribution in [0.1, 0.15) is 18.4 Å². The smallest absolute Gasteiger partial charge is 0.239 e. The average Bonchev–Trinajstić information content (AvgIpc) is 3.10. The lowest BCUT2D eigenvalue weighted by Gasteiger charge is -2.31. The Hall–Kier alpha value is -1.59. The fourth-order valence-electron chi connectivity index (χ4n) is 3.25. The number of hydrogen-bond acceptors (Lipinski definition) is 4. The summed E-state index contributed by atoms with van der Waals surface area (Å²) in [5.74, 6) is 0.203. The standard InChI is InChI=1S/C17H25N3O2/c1-19(17(21)15-6-4-8-18-15)13-14-5-2-3-7-16(14)20-9-11-22-12-10-20/h2-3,5,7,15,18H,4,6,8-13H2,1H3/t15-/m0/s1. The van der Waals surface area contributed by atoms with Crippen LogP contribution in [0.5, 0.6) is 0 Å². The van der Waals surface area contributed by atoms with Gasteiger partial charge in [0.2, 0.25) is 5.91 Å². The van der Waals surface area contributed by atoms with Gasteiger partial charge < -0.3 is 19.9 Å². The van der Waals surface area contributed by atoms with Crippen LogP contribution in [0.15, 0.2) is 24.3 Å². The van der Waals surface area contributed by atoms with Gasteiger partial charge in [-0.2, -0.15) is 0 Å². The number of anilines is 1. The Morgan fingerprint density at radius 2 is 2.14 bits per heavy atom. The molecule has 0 saturated carbocycles. The van der Waals surface area contributed by atoms with Gasteiger partial charge in [0.15, 0.2) is 0 Å². The summed E-state index contributed by atoms with van der Waals surface area (Å²) in [5.41, 5.74) is 2.43. The quantitative estimate of drug-likeness (QED) is 0.909. The van der Waals surface area contributed by atoms with Crippen LogP contribution in [0.4, 0.5) is 5.69 Å². The number of nitrogens with one attached hydrogen (secondary N) is 1. The number of ether oxygens (including phenoxy) is 1. The molecular weight excluding hydrogens is 278 g/mol. The van der Waals surface area contributed by atoms with Gasteiger partial charge >= 0.3 is 0 Å². The van der Waals surface area contributed by atoms with E-state index in [2.05, 4.69) is 28.4 Å². The SMILES string of the molecule is CN(Cc1ccccc1N1CCOCC1)C(=O)[C@@H]1CCCN1. The predicted octanol–water partition coefficient (Wildman–Crippen LogP) is 1.23. The Morgan fingerprint density at radius 1 is 1.36 bits per heavy atom. The topological polar surface area (TPSA) is 44.8 Å². The van der Waals surface area contributed by atoms with E-state index in [9.17, 15) is 4.79 Å². The lowest BCUT2D eigenvalue weighted by molar-refractivity contribution is -0.132. The van der Waals surface area contributed by atoms with Crippen LogP contribution in [-0.2, 0) is 16.1 Å². The van der Waals surface area contributed by atoms with Crippen LogP contribution in [0, 0.1) is 0 Å². The summed E-state index contributed by atoms with van der Waals surface area (Å²) in [5, 5.41) is 3.28. The molecule has 1 aromatic rings. The van der Waals surface area contributed by atoms with Gasteiger partial charge in [0.25, 0.3) is 0 Å². The number of rotatable bonds is 4. The van der Waals surface area contributed by atoms with Gasteiger partial charge in [-0.3, -0.25) is 4.79 Å². The second-order valence-electron chi connectivity index (χ2n) is 6.07. The third-order valence-electron chi connectivity index (χ3n) is 4.49. The number of benzene rings is 1. The number of morpholine rings is 1. The zero-order chi connectivity index (χ0) is 15.4. The Morgan fingerprint density at radius 3 is 2.86 bits per heavy atom. The molecular formula is C17H25N3O2. The monoisotopic (exact) mass is 303 g/mol. The number of hydrogen-bond donors (Lipinski definition) is 1. The van der Waals surface area contributed by atoms with Crippen LogP contribution >= 0.6 is 0 Å². The highest BCUT2D eigenvalue weighted by molar-refractivity contribution is 5.82. The average molecular weight is 303 g/mol. The van der Waals surface area contributed by atoms with Crippen molar-refractivity contribution in [3.63, 3.8) is 0 Å². The van der Waals surface area contributed by atoms with Gasteiger partial charge in [0.1, 0.15) is 0 Å². The van der Waals surface area contributed by atoms with E-state index in [0.717, 1.165) is 45.7 Å². The lowest BCUT2D eigenvalue weighted by atomic mass is 10.1. The van der Waals surface area contributed by atoms with Crippen molar-refractivity contribution < 1.29 is 9.53 Å². The van der Waals surface area contributed by atoms with Gasteiger partial charge in [0.05, 0.1) is 19.3 Å². The molecule has 5 nitrogen and oxygen atoms in total. The second-order valence-corrected chi connectivity index (χ2v) is 6.07. The second kappa shape index (κ2) is 7.11. The molecule has 2 saturated heterocycles. The van der Waals surface area contributed by atoms with Crippen molar-refractivity contribution in [3.05, 3.63) is 29.8 Å². The van der Waals surface area contributed by atoms with Gasteiger partial charge in [-0.25, -0.2) is 0 Å². The molecule has 1 N–H and O–H groups in total. The highest BCUT2D eigenvalue weighted by Crippen LogP contribution is 2.23. The summed E-state index contributed by atoms with van der Waals surface area (Å²) < 4.78 is 5.43. The molecule has 5 heteroatoms. The fourth-order valence-corrected chi connectivity index (χ4v) is 3.25. The minimum Gasteiger partial charge on any atom is -0.378 e. The highest BCUT2D eigenvalue weighted by atomic mass is 16.5.